The van der Waals surface area contributed by atoms with Gasteiger partial charge in [-0.2, -0.15) is 5.06 Å². The minimum atomic E-state index is -0.248. The Bertz CT molecular complexity index is 516. The fourth-order valence-electron chi connectivity index (χ4n) is 3.66. The van der Waals surface area contributed by atoms with E-state index in [-0.39, 0.29) is 23.2 Å². The molecular weight excluding hydrogens is 278 g/mol. The molecule has 122 valence electrons. The van der Waals surface area contributed by atoms with Crippen molar-refractivity contribution in [2.75, 3.05) is 7.11 Å². The molecule has 0 unspecified atom stereocenters. The molecule has 1 aliphatic rings. The summed E-state index contributed by atoms with van der Waals surface area (Å²) in [5.41, 5.74) is 1.37. The Morgan fingerprint density at radius 3 is 2.05 bits per heavy atom. The van der Waals surface area contributed by atoms with Crippen molar-refractivity contribution in [2.24, 2.45) is 0 Å². The van der Waals surface area contributed by atoms with Gasteiger partial charge in [0.1, 0.15) is 6.10 Å². The van der Waals surface area contributed by atoms with Gasteiger partial charge in [0.15, 0.2) is 0 Å². The first-order chi connectivity index (χ1) is 10.2. The predicted molar refractivity (Wildman–Crippen MR) is 86.6 cm³/mol. The first kappa shape index (κ1) is 17.0. The van der Waals surface area contributed by atoms with E-state index in [0.29, 0.717) is 5.56 Å². The van der Waals surface area contributed by atoms with Crippen molar-refractivity contribution in [2.45, 2.75) is 64.6 Å². The molecule has 1 aromatic carbocycles. The lowest BCUT2D eigenvalue weighted by Crippen LogP contribution is -2.61. The van der Waals surface area contributed by atoms with E-state index >= 15 is 0 Å². The summed E-state index contributed by atoms with van der Waals surface area (Å²) in [4.78, 5) is 17.9. The number of carbonyl (C=O) groups excluding carboxylic acids is 1. The zero-order valence-electron chi connectivity index (χ0n) is 14.5. The lowest BCUT2D eigenvalue weighted by molar-refractivity contribution is -0.276. The third-order valence-electron chi connectivity index (χ3n) is 4.30. The second kappa shape index (κ2) is 6.01. The van der Waals surface area contributed by atoms with Gasteiger partial charge in [0.2, 0.25) is 0 Å². The lowest BCUT2D eigenvalue weighted by Gasteiger charge is -2.52. The Hall–Kier alpha value is -1.39. The van der Waals surface area contributed by atoms with Gasteiger partial charge in [0.05, 0.1) is 12.7 Å². The van der Waals surface area contributed by atoms with E-state index < -0.39 is 0 Å². The standard InChI is InChI=1S/C18H27NO3/c1-13-7-9-14(10-8-13)16(20)22-15-11-17(2,3)19(21-6)18(4,5)12-15/h7-10,15H,11-12H2,1-6H3. The Labute approximate surface area is 133 Å². The van der Waals surface area contributed by atoms with Crippen LogP contribution >= 0.6 is 0 Å². The zero-order valence-corrected chi connectivity index (χ0v) is 14.5. The van der Waals surface area contributed by atoms with Crippen LogP contribution in [0.2, 0.25) is 0 Å². The molecule has 0 amide bonds. The fourth-order valence-corrected chi connectivity index (χ4v) is 3.66. The number of hydrogen-bond acceptors (Lipinski definition) is 4. The second-order valence-electron chi connectivity index (χ2n) is 7.40. The van der Waals surface area contributed by atoms with Crippen LogP contribution < -0.4 is 0 Å². The number of aryl methyl sites for hydroxylation is 1. The summed E-state index contributed by atoms with van der Waals surface area (Å²) in [6.07, 6.45) is 1.40. The SMILES string of the molecule is CON1C(C)(C)CC(OC(=O)c2ccc(C)cc2)CC1(C)C. The van der Waals surface area contributed by atoms with E-state index in [0.717, 1.165) is 18.4 Å². The number of carbonyl (C=O) groups is 1. The summed E-state index contributed by atoms with van der Waals surface area (Å²) in [6, 6.07) is 7.49. The maximum absolute atomic E-state index is 12.3. The molecule has 4 heteroatoms. The Balaban J connectivity index is 2.10. The van der Waals surface area contributed by atoms with Crippen LogP contribution in [-0.4, -0.2) is 35.3 Å². The quantitative estimate of drug-likeness (QED) is 0.798. The monoisotopic (exact) mass is 305 g/mol. The van der Waals surface area contributed by atoms with E-state index in [1.807, 2.05) is 36.3 Å². The summed E-state index contributed by atoms with van der Waals surface area (Å²) < 4.78 is 5.76. The van der Waals surface area contributed by atoms with Crippen LogP contribution in [0.25, 0.3) is 0 Å². The average molecular weight is 305 g/mol. The number of rotatable bonds is 3. The number of benzene rings is 1. The summed E-state index contributed by atoms with van der Waals surface area (Å²) in [5.74, 6) is -0.248. The minimum Gasteiger partial charge on any atom is -0.459 e. The molecule has 0 atom stereocenters. The molecular formula is C18H27NO3. The first-order valence-electron chi connectivity index (χ1n) is 7.78. The van der Waals surface area contributed by atoms with Gasteiger partial charge in [-0.25, -0.2) is 4.79 Å². The van der Waals surface area contributed by atoms with Gasteiger partial charge in [-0.15, -0.1) is 0 Å². The highest BCUT2D eigenvalue weighted by molar-refractivity contribution is 5.89. The molecule has 22 heavy (non-hydrogen) atoms. The van der Waals surface area contributed by atoms with Crippen molar-refractivity contribution in [3.8, 4) is 0 Å². The minimum absolute atomic E-state index is 0.106. The smallest absolute Gasteiger partial charge is 0.338 e. The van der Waals surface area contributed by atoms with Crippen LogP contribution in [0.1, 0.15) is 56.5 Å². The first-order valence-corrected chi connectivity index (χ1v) is 7.78. The zero-order chi connectivity index (χ0) is 16.5. The lowest BCUT2D eigenvalue weighted by atomic mass is 9.80. The van der Waals surface area contributed by atoms with Crippen molar-refractivity contribution < 1.29 is 14.4 Å². The second-order valence-corrected chi connectivity index (χ2v) is 7.40. The Morgan fingerprint density at radius 1 is 1.09 bits per heavy atom. The van der Waals surface area contributed by atoms with Crippen molar-refractivity contribution >= 4 is 5.97 Å². The van der Waals surface area contributed by atoms with Gasteiger partial charge in [0, 0.05) is 23.9 Å². The molecule has 1 saturated heterocycles. The number of hydroxylamine groups is 2. The van der Waals surface area contributed by atoms with Crippen LogP contribution in [0.3, 0.4) is 0 Å². The van der Waals surface area contributed by atoms with E-state index in [1.54, 1.807) is 7.11 Å². The summed E-state index contributed by atoms with van der Waals surface area (Å²) in [5, 5.41) is 2.01. The van der Waals surface area contributed by atoms with Gasteiger partial charge in [-0.1, -0.05) is 17.7 Å². The van der Waals surface area contributed by atoms with Crippen molar-refractivity contribution in [1.29, 1.82) is 0 Å². The van der Waals surface area contributed by atoms with Crippen LogP contribution in [0.15, 0.2) is 24.3 Å². The molecule has 0 N–H and O–H groups in total. The maximum Gasteiger partial charge on any atom is 0.338 e. The Kier molecular flexibility index (Phi) is 4.64. The van der Waals surface area contributed by atoms with Crippen LogP contribution in [0.4, 0.5) is 0 Å². The number of piperidine rings is 1. The van der Waals surface area contributed by atoms with E-state index in [4.69, 9.17) is 9.57 Å². The normalized spacial score (nSPS) is 21.5. The van der Waals surface area contributed by atoms with Crippen LogP contribution in [0, 0.1) is 6.92 Å². The predicted octanol–water partition coefficient (Wildman–Crippen LogP) is 3.73. The number of ether oxygens (including phenoxy) is 1. The third kappa shape index (κ3) is 3.50. The topological polar surface area (TPSA) is 38.8 Å². The molecule has 1 fully saturated rings. The molecule has 0 bridgehead atoms. The Morgan fingerprint density at radius 2 is 1.59 bits per heavy atom. The molecule has 1 heterocycles. The fraction of sp³-hybridized carbons (Fsp3) is 0.611. The average Bonchev–Trinajstić information content (AvgIpc) is 2.36. The van der Waals surface area contributed by atoms with Crippen molar-refractivity contribution in [3.05, 3.63) is 35.4 Å². The summed E-state index contributed by atoms with van der Waals surface area (Å²) in [6.45, 7) is 10.5. The molecule has 4 nitrogen and oxygen atoms in total. The van der Waals surface area contributed by atoms with E-state index in [9.17, 15) is 4.79 Å². The largest absolute Gasteiger partial charge is 0.459 e. The van der Waals surface area contributed by atoms with Crippen molar-refractivity contribution in [1.82, 2.24) is 5.06 Å². The molecule has 0 spiro atoms. The summed E-state index contributed by atoms with van der Waals surface area (Å²) >= 11 is 0. The van der Waals surface area contributed by atoms with Crippen LogP contribution in [-0.2, 0) is 9.57 Å². The molecule has 0 saturated carbocycles. The van der Waals surface area contributed by atoms with Gasteiger partial charge in [0.25, 0.3) is 0 Å². The van der Waals surface area contributed by atoms with Gasteiger partial charge in [-0.05, 0) is 46.8 Å². The highest BCUT2D eigenvalue weighted by Gasteiger charge is 2.47. The molecule has 0 radical (unpaired) electrons. The van der Waals surface area contributed by atoms with E-state index in [1.165, 1.54) is 0 Å². The summed E-state index contributed by atoms with van der Waals surface area (Å²) in [7, 11) is 1.70. The molecule has 0 aromatic heterocycles. The number of nitrogens with zero attached hydrogens (tertiary/aromatic N) is 1. The van der Waals surface area contributed by atoms with E-state index in [2.05, 4.69) is 27.7 Å². The molecule has 0 aliphatic carbocycles. The molecule has 1 aliphatic heterocycles. The van der Waals surface area contributed by atoms with Gasteiger partial charge < -0.3 is 9.57 Å². The molecule has 1 aromatic rings. The highest BCUT2D eigenvalue weighted by Crippen LogP contribution is 2.39. The van der Waals surface area contributed by atoms with Gasteiger partial charge >= 0.3 is 5.97 Å². The maximum atomic E-state index is 12.3. The molecule has 2 rings (SSSR count). The van der Waals surface area contributed by atoms with Crippen LogP contribution in [0.5, 0.6) is 0 Å². The van der Waals surface area contributed by atoms with Crippen molar-refractivity contribution in [3.63, 3.8) is 0 Å². The number of esters is 1. The number of hydrogen-bond donors (Lipinski definition) is 0. The van der Waals surface area contributed by atoms with Gasteiger partial charge in [-0.3, -0.25) is 0 Å². The third-order valence-corrected chi connectivity index (χ3v) is 4.30. The highest BCUT2D eigenvalue weighted by atomic mass is 16.7.